The van der Waals surface area contributed by atoms with Crippen molar-refractivity contribution < 1.29 is 22.8 Å². The van der Waals surface area contributed by atoms with Crippen LogP contribution in [0, 0.1) is 49.8 Å². The maximum Gasteiger partial charge on any atom is 0.294 e. The van der Waals surface area contributed by atoms with Gasteiger partial charge in [-0.15, -0.1) is 0 Å². The van der Waals surface area contributed by atoms with E-state index in [1.54, 1.807) is 24.3 Å². The molecule has 0 radical (unpaired) electrons. The van der Waals surface area contributed by atoms with Gasteiger partial charge in [0.15, 0.2) is 0 Å². The Morgan fingerprint density at radius 1 is 0.642 bits per heavy atom. The molecule has 344 valence electrons. The van der Waals surface area contributed by atoms with Crippen molar-refractivity contribution in [2.75, 3.05) is 62.2 Å². The zero-order valence-electron chi connectivity index (χ0n) is 36.4. The molecule has 0 atom stereocenters. The van der Waals surface area contributed by atoms with E-state index >= 15 is 0 Å². The van der Waals surface area contributed by atoms with Crippen molar-refractivity contribution in [1.29, 1.82) is 10.5 Å². The summed E-state index contributed by atoms with van der Waals surface area (Å²) in [6, 6.07) is 43.9. The Hall–Kier alpha value is -6.70. The molecule has 2 aliphatic rings. The van der Waals surface area contributed by atoms with Gasteiger partial charge in [-0.25, -0.2) is 0 Å². The molecule has 2 fully saturated rings. The Balaban J connectivity index is 0.000000183. The van der Waals surface area contributed by atoms with Gasteiger partial charge in [0, 0.05) is 98.5 Å². The van der Waals surface area contributed by atoms with E-state index in [0.717, 1.165) is 97.4 Å². The topological polar surface area (TPSA) is 201 Å². The van der Waals surface area contributed by atoms with Crippen LogP contribution >= 0.6 is 27.5 Å². The van der Waals surface area contributed by atoms with Crippen molar-refractivity contribution in [3.05, 3.63) is 191 Å². The fraction of sp³-hybridized carbons (Fsp3) is 0.224. The molecule has 0 bridgehead atoms. The average molecular weight is 1010 g/mol. The molecular weight excluding hydrogens is 960 g/mol. The number of halogens is 2. The number of hydrogen-bond donors (Lipinski definition) is 1. The van der Waals surface area contributed by atoms with E-state index in [1.807, 2.05) is 67.6 Å². The van der Waals surface area contributed by atoms with Gasteiger partial charge in [-0.05, 0) is 83.8 Å². The summed E-state index contributed by atoms with van der Waals surface area (Å²) < 4.78 is 30.7. The van der Waals surface area contributed by atoms with E-state index in [4.69, 9.17) is 26.7 Å². The van der Waals surface area contributed by atoms with Gasteiger partial charge < -0.3 is 9.80 Å². The van der Waals surface area contributed by atoms with Crippen molar-refractivity contribution in [3.63, 3.8) is 0 Å². The minimum Gasteiger partial charge on any atom is -0.369 e. The normalized spacial score (nSPS) is 14.1. The lowest BCUT2D eigenvalue weighted by Crippen LogP contribution is -2.46. The average Bonchev–Trinajstić information content (AvgIpc) is 3.33. The van der Waals surface area contributed by atoms with E-state index in [9.17, 15) is 28.6 Å². The van der Waals surface area contributed by atoms with Crippen LogP contribution in [0.3, 0.4) is 0 Å². The number of nitro benzene ring substituents is 2. The highest BCUT2D eigenvalue weighted by atomic mass is 79.9. The van der Waals surface area contributed by atoms with E-state index in [1.165, 1.54) is 53.1 Å². The summed E-state index contributed by atoms with van der Waals surface area (Å²) in [7, 11) is -4.02. The second-order valence-corrected chi connectivity index (χ2v) is 18.4. The quantitative estimate of drug-likeness (QED) is 0.0773. The predicted octanol–water partition coefficient (Wildman–Crippen LogP) is 9.90. The first-order valence-corrected chi connectivity index (χ1v) is 23.7. The number of aryl methyl sites for hydroxylation is 1. The molecule has 18 heteroatoms. The highest BCUT2D eigenvalue weighted by molar-refractivity contribution is 9.10. The van der Waals surface area contributed by atoms with Gasteiger partial charge in [0.2, 0.25) is 0 Å². The molecule has 2 saturated heterocycles. The molecule has 0 aromatic heterocycles. The number of rotatable bonds is 10. The summed E-state index contributed by atoms with van der Waals surface area (Å²) in [5.74, 6) is 0. The Bertz CT molecular complexity index is 2900. The fourth-order valence-corrected chi connectivity index (χ4v) is 8.66. The van der Waals surface area contributed by atoms with Gasteiger partial charge in [-0.1, -0.05) is 99.8 Å². The zero-order valence-corrected chi connectivity index (χ0v) is 39.6. The molecule has 2 aliphatic heterocycles. The van der Waals surface area contributed by atoms with Crippen LogP contribution in [-0.2, 0) is 23.2 Å². The largest absolute Gasteiger partial charge is 0.369 e. The van der Waals surface area contributed by atoms with Gasteiger partial charge in [0.05, 0.1) is 14.7 Å². The molecular formula is C49H46BrClN8O7S. The first kappa shape index (κ1) is 49.7. The van der Waals surface area contributed by atoms with Gasteiger partial charge >= 0.3 is 0 Å². The SMILES string of the molecule is Cc1ccc(S(=O)(=O)O)cc1.N#Cc1ccc(N2CCN(Cc3ccccc3-c3ccc(Cl)cc3)CC2)cc1[N+](=O)[O-].N#Cc1ccc(N2CCN(Cc3ccccc3Br)CC2)cc1[N+](=O)[O-]. The van der Waals surface area contributed by atoms with Crippen LogP contribution in [-0.4, -0.2) is 85.0 Å². The summed E-state index contributed by atoms with van der Waals surface area (Å²) in [5, 5.41) is 41.2. The Morgan fingerprint density at radius 3 is 1.54 bits per heavy atom. The number of nitro groups is 2. The van der Waals surface area contributed by atoms with Crippen molar-refractivity contribution in [1.82, 2.24) is 9.80 Å². The zero-order chi connectivity index (χ0) is 48.1. The van der Waals surface area contributed by atoms with Gasteiger partial charge in [0.1, 0.15) is 23.3 Å². The third kappa shape index (κ3) is 13.7. The molecule has 15 nitrogen and oxygen atoms in total. The van der Waals surface area contributed by atoms with Crippen LogP contribution in [0.2, 0.25) is 5.02 Å². The number of nitrogens with zero attached hydrogens (tertiary/aromatic N) is 8. The van der Waals surface area contributed by atoms with E-state index in [2.05, 4.69) is 59.8 Å². The van der Waals surface area contributed by atoms with Crippen molar-refractivity contribution >= 4 is 60.4 Å². The number of nitriles is 2. The Kier molecular flexibility index (Phi) is 17.2. The minimum absolute atomic E-state index is 0.0666. The lowest BCUT2D eigenvalue weighted by Gasteiger charge is -2.36. The minimum atomic E-state index is -4.02. The van der Waals surface area contributed by atoms with Crippen LogP contribution in [0.25, 0.3) is 11.1 Å². The summed E-state index contributed by atoms with van der Waals surface area (Å²) in [6.07, 6.45) is 0. The standard InChI is InChI=1S/C24H21ClN4O2.C18H17BrN4O2.C7H8O3S/c25-21-8-5-18(6-9-21)23-4-2-1-3-20(23)17-27-11-13-28(14-12-27)22-10-7-19(16-26)24(15-22)29(30)31;19-17-4-2-1-3-15(17)13-21-7-9-22(10-8-21)16-6-5-14(12-20)18(11-16)23(24)25;1-6-2-4-7(5-3-6)11(8,9)10/h1-10,15H,11-14,17H2;1-6,11H,7-10,13H2;2-5H,1H3,(H,8,9,10). The van der Waals surface area contributed by atoms with E-state index in [-0.39, 0.29) is 27.4 Å². The number of hydrogen-bond acceptors (Lipinski definition) is 12. The molecule has 0 amide bonds. The molecule has 1 N–H and O–H groups in total. The summed E-state index contributed by atoms with van der Waals surface area (Å²) >= 11 is 9.62. The third-order valence-corrected chi connectivity index (χ3v) is 13.2. The van der Waals surface area contributed by atoms with Crippen LogP contribution in [0.1, 0.15) is 27.8 Å². The van der Waals surface area contributed by atoms with E-state index in [0.29, 0.717) is 0 Å². The monoisotopic (exact) mass is 1000 g/mol. The van der Waals surface area contributed by atoms with Crippen LogP contribution in [0.5, 0.6) is 0 Å². The molecule has 0 aliphatic carbocycles. The summed E-state index contributed by atoms with van der Waals surface area (Å²) in [6.45, 7) is 10.2. The molecule has 0 saturated carbocycles. The molecule has 8 rings (SSSR count). The smallest absolute Gasteiger partial charge is 0.294 e. The predicted molar refractivity (Wildman–Crippen MR) is 263 cm³/mol. The lowest BCUT2D eigenvalue weighted by atomic mass is 9.99. The van der Waals surface area contributed by atoms with Gasteiger partial charge in [0.25, 0.3) is 21.5 Å². The number of benzene rings is 6. The van der Waals surface area contributed by atoms with Crippen LogP contribution in [0.15, 0.2) is 143 Å². The van der Waals surface area contributed by atoms with Gasteiger partial charge in [-0.2, -0.15) is 18.9 Å². The summed E-state index contributed by atoms with van der Waals surface area (Å²) in [5.41, 5.74) is 7.31. The molecule has 0 spiro atoms. The number of piperazine rings is 2. The first-order chi connectivity index (χ1) is 32.1. The second-order valence-electron chi connectivity index (χ2n) is 15.7. The maximum atomic E-state index is 11.3. The van der Waals surface area contributed by atoms with Crippen molar-refractivity contribution in [2.45, 2.75) is 24.9 Å². The van der Waals surface area contributed by atoms with Crippen LogP contribution < -0.4 is 9.80 Å². The Morgan fingerprint density at radius 2 is 1.09 bits per heavy atom. The first-order valence-electron chi connectivity index (χ1n) is 21.1. The van der Waals surface area contributed by atoms with Crippen molar-refractivity contribution in [2.24, 2.45) is 0 Å². The number of anilines is 2. The van der Waals surface area contributed by atoms with Crippen molar-refractivity contribution in [3.8, 4) is 23.3 Å². The second kappa shape index (κ2) is 23.2. The molecule has 0 unspecified atom stereocenters. The molecule has 2 heterocycles. The fourth-order valence-electron chi connectivity index (χ4n) is 7.64. The van der Waals surface area contributed by atoms with E-state index < -0.39 is 20.0 Å². The highest BCUT2D eigenvalue weighted by Crippen LogP contribution is 2.30. The van der Waals surface area contributed by atoms with Gasteiger partial charge in [-0.3, -0.25) is 34.6 Å². The lowest BCUT2D eigenvalue weighted by molar-refractivity contribution is -0.385. The van der Waals surface area contributed by atoms with Crippen LogP contribution in [0.4, 0.5) is 22.7 Å². The molecule has 6 aromatic rings. The Labute approximate surface area is 402 Å². The maximum absolute atomic E-state index is 11.3. The molecule has 6 aromatic carbocycles. The third-order valence-electron chi connectivity index (χ3n) is 11.3. The molecule has 67 heavy (non-hydrogen) atoms. The summed E-state index contributed by atoms with van der Waals surface area (Å²) in [4.78, 5) is 30.4. The highest BCUT2D eigenvalue weighted by Gasteiger charge is 2.23.